The van der Waals surface area contributed by atoms with E-state index in [-0.39, 0.29) is 17.2 Å². The van der Waals surface area contributed by atoms with E-state index in [2.05, 4.69) is 45.0 Å². The van der Waals surface area contributed by atoms with Crippen LogP contribution in [-0.2, 0) is 9.22 Å². The van der Waals surface area contributed by atoms with Gasteiger partial charge in [0.1, 0.15) is 0 Å². The molecule has 3 rings (SSSR count). The highest BCUT2D eigenvalue weighted by atomic mass is 28.4. The van der Waals surface area contributed by atoms with Gasteiger partial charge in [0, 0.05) is 0 Å². The minimum atomic E-state index is -2.70. The van der Waals surface area contributed by atoms with Crippen LogP contribution in [0.5, 0.6) is 0 Å². The number of hydrogen-bond acceptors (Lipinski definition) is 2. The molecule has 1 N–H and O–H groups in total. The maximum absolute atomic E-state index is 11.8. The van der Waals surface area contributed by atoms with Gasteiger partial charge in [-0.1, -0.05) is 118 Å². The van der Waals surface area contributed by atoms with Gasteiger partial charge in [-0.05, 0) is 33.1 Å². The largest absolute Gasteiger partial charge is 0.478 e. The Bertz CT molecular complexity index is 1030. The molecule has 0 saturated heterocycles. The summed E-state index contributed by atoms with van der Waals surface area (Å²) >= 11 is 0. The van der Waals surface area contributed by atoms with Crippen molar-refractivity contribution in [1.29, 1.82) is 0 Å². The third kappa shape index (κ3) is 5.33. The molecular weight excluding hydrogens is 412 g/mol. The average molecular weight is 443 g/mol. The molecule has 3 nitrogen and oxygen atoms in total. The topological polar surface area (TPSA) is 46.5 Å². The third-order valence-corrected chi connectivity index (χ3v) is 10.5. The van der Waals surface area contributed by atoms with Crippen molar-refractivity contribution in [3.8, 4) is 0 Å². The predicted octanol–water partition coefficient (Wildman–Crippen LogP) is 5.29. The van der Waals surface area contributed by atoms with Gasteiger partial charge in [0.15, 0.2) is 0 Å². The van der Waals surface area contributed by atoms with E-state index in [1.54, 1.807) is 12.2 Å². The molecule has 0 aromatic heterocycles. The van der Waals surface area contributed by atoms with Crippen LogP contribution in [0.2, 0.25) is 5.04 Å². The third-order valence-electron chi connectivity index (χ3n) is 5.52. The summed E-state index contributed by atoms with van der Waals surface area (Å²) in [6.07, 6.45) is 5.11. The summed E-state index contributed by atoms with van der Waals surface area (Å²) in [7, 11) is -2.70. The van der Waals surface area contributed by atoms with Crippen LogP contribution in [0.4, 0.5) is 0 Å². The van der Waals surface area contributed by atoms with Crippen molar-refractivity contribution in [1.82, 2.24) is 0 Å². The van der Waals surface area contributed by atoms with E-state index in [0.29, 0.717) is 0 Å². The molecular formula is C28H30O3Si. The molecule has 4 heteroatoms. The van der Waals surface area contributed by atoms with E-state index in [0.717, 1.165) is 5.56 Å². The standard InChI is InChI=1S/C28H30O3Si/c1-28(2,3)32(25-15-9-5-10-16-25,26-17-11-6-12-18-26)31-22-21-24(27(29)30)20-19-23-13-7-4-8-14-23/h4-21H,22H2,1-3H3,(H,29,30). The van der Waals surface area contributed by atoms with Crippen molar-refractivity contribution in [3.63, 3.8) is 0 Å². The average Bonchev–Trinajstić information content (AvgIpc) is 2.79. The van der Waals surface area contributed by atoms with E-state index >= 15 is 0 Å². The Morgan fingerprint density at radius 3 is 1.75 bits per heavy atom. The lowest BCUT2D eigenvalue weighted by atomic mass is 10.1. The van der Waals surface area contributed by atoms with Crippen molar-refractivity contribution in [2.45, 2.75) is 25.8 Å². The van der Waals surface area contributed by atoms with Gasteiger partial charge in [-0.3, -0.25) is 0 Å². The fourth-order valence-corrected chi connectivity index (χ4v) is 8.48. The van der Waals surface area contributed by atoms with Gasteiger partial charge in [-0.15, -0.1) is 0 Å². The summed E-state index contributed by atoms with van der Waals surface area (Å²) in [4.78, 5) is 11.8. The number of aliphatic carboxylic acids is 1. The number of carboxylic acids is 1. The SMILES string of the molecule is CC(C)(C)[Si](OCC=C(C=Cc1ccccc1)C(=O)O)(c1ccccc1)c1ccccc1. The van der Waals surface area contributed by atoms with E-state index < -0.39 is 14.3 Å². The van der Waals surface area contributed by atoms with Gasteiger partial charge in [-0.2, -0.15) is 0 Å². The minimum absolute atomic E-state index is 0.160. The molecule has 0 unspecified atom stereocenters. The highest BCUT2D eigenvalue weighted by molar-refractivity contribution is 6.99. The first-order chi connectivity index (χ1) is 15.3. The van der Waals surface area contributed by atoms with Gasteiger partial charge in [0.2, 0.25) is 0 Å². The zero-order chi connectivity index (χ0) is 23.0. The van der Waals surface area contributed by atoms with Crippen LogP contribution in [0.25, 0.3) is 6.08 Å². The summed E-state index contributed by atoms with van der Waals surface area (Å²) in [6.45, 7) is 6.83. The fraction of sp³-hybridized carbons (Fsp3) is 0.179. The van der Waals surface area contributed by atoms with Crippen LogP contribution >= 0.6 is 0 Å². The van der Waals surface area contributed by atoms with Crippen molar-refractivity contribution in [2.75, 3.05) is 6.61 Å². The number of benzene rings is 3. The Morgan fingerprint density at radius 1 is 0.844 bits per heavy atom. The lowest BCUT2D eigenvalue weighted by Gasteiger charge is -2.42. The van der Waals surface area contributed by atoms with Crippen LogP contribution in [0.1, 0.15) is 26.3 Å². The summed E-state index contributed by atoms with van der Waals surface area (Å²) in [5.74, 6) is -0.969. The highest BCUT2D eigenvalue weighted by Gasteiger charge is 2.49. The lowest BCUT2D eigenvalue weighted by molar-refractivity contribution is -0.132. The lowest BCUT2D eigenvalue weighted by Crippen LogP contribution is -2.66. The summed E-state index contributed by atoms with van der Waals surface area (Å²) in [6, 6.07) is 30.3. The van der Waals surface area contributed by atoms with Gasteiger partial charge < -0.3 is 9.53 Å². The molecule has 0 aliphatic carbocycles. The summed E-state index contributed by atoms with van der Waals surface area (Å²) in [5, 5.41) is 11.9. The number of hydrogen-bond donors (Lipinski definition) is 1. The van der Waals surface area contributed by atoms with Gasteiger partial charge in [0.25, 0.3) is 8.32 Å². The second kappa shape index (κ2) is 10.4. The summed E-state index contributed by atoms with van der Waals surface area (Å²) in [5.41, 5.74) is 1.17. The van der Waals surface area contributed by atoms with Gasteiger partial charge in [-0.25, -0.2) is 4.79 Å². The molecule has 3 aromatic rings. The first-order valence-electron chi connectivity index (χ1n) is 10.8. The van der Waals surface area contributed by atoms with E-state index in [4.69, 9.17) is 4.43 Å². The molecule has 32 heavy (non-hydrogen) atoms. The van der Waals surface area contributed by atoms with E-state index in [9.17, 15) is 9.90 Å². The van der Waals surface area contributed by atoms with Crippen molar-refractivity contribution in [2.24, 2.45) is 0 Å². The van der Waals surface area contributed by atoms with Crippen LogP contribution in [0, 0.1) is 0 Å². The summed E-state index contributed by atoms with van der Waals surface area (Å²) < 4.78 is 6.76. The Kier molecular flexibility index (Phi) is 7.62. The molecule has 3 aromatic carbocycles. The fourth-order valence-electron chi connectivity index (χ4n) is 3.99. The molecule has 0 radical (unpaired) electrons. The van der Waals surface area contributed by atoms with Crippen LogP contribution < -0.4 is 10.4 Å². The zero-order valence-electron chi connectivity index (χ0n) is 18.9. The Morgan fingerprint density at radius 2 is 1.31 bits per heavy atom. The molecule has 0 spiro atoms. The Labute approximate surface area is 191 Å². The van der Waals surface area contributed by atoms with E-state index in [1.165, 1.54) is 10.4 Å². The predicted molar refractivity (Wildman–Crippen MR) is 135 cm³/mol. The molecule has 0 saturated carbocycles. The highest BCUT2D eigenvalue weighted by Crippen LogP contribution is 2.36. The van der Waals surface area contributed by atoms with Crippen molar-refractivity contribution in [3.05, 3.63) is 114 Å². The minimum Gasteiger partial charge on any atom is -0.478 e. The van der Waals surface area contributed by atoms with Crippen molar-refractivity contribution >= 4 is 30.7 Å². The number of carbonyl (C=O) groups is 1. The Hall–Kier alpha value is -3.21. The van der Waals surface area contributed by atoms with Crippen LogP contribution in [0.3, 0.4) is 0 Å². The molecule has 0 fully saturated rings. The molecule has 0 heterocycles. The number of rotatable bonds is 8. The monoisotopic (exact) mass is 442 g/mol. The van der Waals surface area contributed by atoms with Crippen LogP contribution in [-0.4, -0.2) is 26.0 Å². The van der Waals surface area contributed by atoms with Gasteiger partial charge in [0.05, 0.1) is 12.2 Å². The molecule has 0 aliphatic rings. The first kappa shape index (κ1) is 23.5. The van der Waals surface area contributed by atoms with Crippen molar-refractivity contribution < 1.29 is 14.3 Å². The molecule has 0 amide bonds. The van der Waals surface area contributed by atoms with Crippen LogP contribution in [0.15, 0.2) is 109 Å². The van der Waals surface area contributed by atoms with Gasteiger partial charge >= 0.3 is 5.97 Å². The normalized spacial score (nSPS) is 12.8. The molecule has 0 aliphatic heterocycles. The second-order valence-electron chi connectivity index (χ2n) is 8.68. The smallest absolute Gasteiger partial charge is 0.335 e. The zero-order valence-corrected chi connectivity index (χ0v) is 19.9. The second-order valence-corrected chi connectivity index (χ2v) is 13.0. The molecule has 0 bridgehead atoms. The first-order valence-corrected chi connectivity index (χ1v) is 12.7. The quantitative estimate of drug-likeness (QED) is 0.293. The molecule has 164 valence electrons. The molecule has 0 atom stereocenters. The Balaban J connectivity index is 1.98. The van der Waals surface area contributed by atoms with E-state index in [1.807, 2.05) is 72.8 Å². The maximum atomic E-state index is 11.8. The maximum Gasteiger partial charge on any atom is 0.335 e. The number of carboxylic acid groups (broad SMARTS) is 1.